The van der Waals surface area contributed by atoms with Crippen molar-refractivity contribution in [2.45, 2.75) is 19.9 Å². The number of anilines is 1. The van der Waals surface area contributed by atoms with Gasteiger partial charge in [0.1, 0.15) is 12.3 Å². The van der Waals surface area contributed by atoms with Crippen LogP contribution >= 0.6 is 0 Å². The first kappa shape index (κ1) is 13.2. The molecule has 92 valence electrons. The van der Waals surface area contributed by atoms with Gasteiger partial charge < -0.3 is 9.64 Å². The van der Waals surface area contributed by atoms with Gasteiger partial charge in [-0.15, -0.1) is 0 Å². The van der Waals surface area contributed by atoms with Crippen LogP contribution in [0.5, 0.6) is 0 Å². The van der Waals surface area contributed by atoms with Crippen LogP contribution in [0.3, 0.4) is 0 Å². The predicted octanol–water partition coefficient (Wildman–Crippen LogP) is 1.89. The summed E-state index contributed by atoms with van der Waals surface area (Å²) in [5, 5.41) is 0. The zero-order chi connectivity index (χ0) is 12.8. The third-order valence-corrected chi connectivity index (χ3v) is 2.65. The maximum atomic E-state index is 11.6. The van der Waals surface area contributed by atoms with E-state index in [1.807, 2.05) is 11.9 Å². The zero-order valence-electron chi connectivity index (χ0n) is 10.3. The van der Waals surface area contributed by atoms with Crippen LogP contribution in [-0.4, -0.2) is 32.0 Å². The van der Waals surface area contributed by atoms with Crippen molar-refractivity contribution in [1.29, 1.82) is 0 Å². The third kappa shape index (κ3) is 3.31. The highest BCUT2D eigenvalue weighted by Gasteiger charge is 2.19. The lowest BCUT2D eigenvalue weighted by atomic mass is 10.2. The minimum Gasteiger partial charge on any atom is -0.464 e. The molecule has 0 amide bonds. The lowest BCUT2D eigenvalue weighted by Gasteiger charge is -2.25. The number of esters is 1. The van der Waals surface area contributed by atoms with Crippen LogP contribution in [0.4, 0.5) is 5.69 Å². The van der Waals surface area contributed by atoms with E-state index in [1.165, 1.54) is 0 Å². The average molecular weight is 235 g/mol. The highest BCUT2D eigenvalue weighted by Crippen LogP contribution is 2.16. The highest BCUT2D eigenvalue weighted by molar-refractivity contribution is 5.80. The van der Waals surface area contributed by atoms with Crippen molar-refractivity contribution < 1.29 is 14.3 Å². The Morgan fingerprint density at radius 2 is 2.00 bits per heavy atom. The molecule has 0 aromatic heterocycles. The van der Waals surface area contributed by atoms with Gasteiger partial charge in [0.25, 0.3) is 0 Å². The van der Waals surface area contributed by atoms with Gasteiger partial charge in [0.2, 0.25) is 0 Å². The molecule has 1 rings (SSSR count). The molecule has 0 heterocycles. The fourth-order valence-corrected chi connectivity index (χ4v) is 1.43. The van der Waals surface area contributed by atoms with Crippen LogP contribution in [0.25, 0.3) is 0 Å². The van der Waals surface area contributed by atoms with Crippen molar-refractivity contribution in [1.82, 2.24) is 0 Å². The van der Waals surface area contributed by atoms with Crippen molar-refractivity contribution in [3.05, 3.63) is 29.8 Å². The molecule has 0 saturated carbocycles. The molecular formula is C13H17NO3. The fourth-order valence-electron chi connectivity index (χ4n) is 1.43. The summed E-state index contributed by atoms with van der Waals surface area (Å²) in [4.78, 5) is 23.9. The van der Waals surface area contributed by atoms with E-state index < -0.39 is 0 Å². The summed E-state index contributed by atoms with van der Waals surface area (Å²) < 4.78 is 4.95. The highest BCUT2D eigenvalue weighted by atomic mass is 16.5. The summed E-state index contributed by atoms with van der Waals surface area (Å²) in [7, 11) is 1.82. The van der Waals surface area contributed by atoms with Gasteiger partial charge in [0.15, 0.2) is 0 Å². The Morgan fingerprint density at radius 3 is 2.47 bits per heavy atom. The number of rotatable bonds is 5. The Morgan fingerprint density at radius 1 is 1.41 bits per heavy atom. The summed E-state index contributed by atoms with van der Waals surface area (Å²) >= 11 is 0. The molecular weight excluding hydrogens is 218 g/mol. The molecule has 0 aliphatic heterocycles. The van der Waals surface area contributed by atoms with Crippen LogP contribution < -0.4 is 4.90 Å². The summed E-state index contributed by atoms with van der Waals surface area (Å²) in [6, 6.07) is 6.70. The first-order chi connectivity index (χ1) is 8.10. The van der Waals surface area contributed by atoms with Gasteiger partial charge in [-0.3, -0.25) is 4.79 Å². The normalized spacial score (nSPS) is 11.7. The summed E-state index contributed by atoms with van der Waals surface area (Å²) in [6.45, 7) is 3.94. The Bertz CT molecular complexity index is 386. The molecule has 1 aromatic carbocycles. The topological polar surface area (TPSA) is 46.6 Å². The Hall–Kier alpha value is -1.84. The number of hydrogen-bond acceptors (Lipinski definition) is 4. The number of aldehydes is 1. The number of benzene rings is 1. The molecule has 4 nitrogen and oxygen atoms in total. The minimum atomic E-state index is -0.350. The summed E-state index contributed by atoms with van der Waals surface area (Å²) in [5.41, 5.74) is 1.49. The van der Waals surface area contributed by atoms with E-state index >= 15 is 0 Å². The predicted molar refractivity (Wildman–Crippen MR) is 66.3 cm³/mol. The monoisotopic (exact) mass is 235 g/mol. The lowest BCUT2D eigenvalue weighted by Crippen LogP contribution is -2.37. The summed E-state index contributed by atoms with van der Waals surface area (Å²) in [5.74, 6) is -0.255. The van der Waals surface area contributed by atoms with Gasteiger partial charge in [-0.05, 0) is 38.1 Å². The van der Waals surface area contributed by atoms with Crippen molar-refractivity contribution in [2.24, 2.45) is 0 Å². The van der Waals surface area contributed by atoms with Gasteiger partial charge in [-0.1, -0.05) is 0 Å². The SMILES string of the molecule is CCOC(=O)C(C)N(C)c1ccc(C=O)cc1. The first-order valence-electron chi connectivity index (χ1n) is 5.54. The molecule has 0 spiro atoms. The van der Waals surface area contributed by atoms with Gasteiger partial charge in [-0.25, -0.2) is 4.79 Å². The van der Waals surface area contributed by atoms with E-state index in [0.717, 1.165) is 12.0 Å². The van der Waals surface area contributed by atoms with E-state index in [9.17, 15) is 9.59 Å². The number of likely N-dealkylation sites (N-methyl/N-ethyl adjacent to an activating group) is 1. The molecule has 1 aromatic rings. The molecule has 17 heavy (non-hydrogen) atoms. The zero-order valence-corrected chi connectivity index (χ0v) is 10.3. The second-order valence-corrected chi connectivity index (χ2v) is 3.75. The quantitative estimate of drug-likeness (QED) is 0.577. The van der Waals surface area contributed by atoms with Crippen LogP contribution in [0.1, 0.15) is 24.2 Å². The van der Waals surface area contributed by atoms with E-state index in [-0.39, 0.29) is 12.0 Å². The average Bonchev–Trinajstić information content (AvgIpc) is 2.37. The molecule has 0 fully saturated rings. The summed E-state index contributed by atoms with van der Waals surface area (Å²) in [6.07, 6.45) is 0.790. The van der Waals surface area contributed by atoms with E-state index in [0.29, 0.717) is 12.2 Å². The van der Waals surface area contributed by atoms with E-state index in [2.05, 4.69) is 0 Å². The van der Waals surface area contributed by atoms with Crippen molar-refractivity contribution in [3.63, 3.8) is 0 Å². The number of nitrogens with zero attached hydrogens (tertiary/aromatic N) is 1. The van der Waals surface area contributed by atoms with Gasteiger partial charge in [0, 0.05) is 18.3 Å². The molecule has 0 radical (unpaired) electrons. The third-order valence-electron chi connectivity index (χ3n) is 2.65. The van der Waals surface area contributed by atoms with Crippen LogP contribution in [-0.2, 0) is 9.53 Å². The second kappa shape index (κ2) is 6.03. The number of ether oxygens (including phenoxy) is 1. The maximum absolute atomic E-state index is 11.6. The fraction of sp³-hybridized carbons (Fsp3) is 0.385. The molecule has 0 aliphatic rings. The van der Waals surface area contributed by atoms with Crippen LogP contribution in [0.15, 0.2) is 24.3 Å². The Balaban J connectivity index is 2.77. The maximum Gasteiger partial charge on any atom is 0.328 e. The minimum absolute atomic E-state index is 0.255. The molecule has 1 unspecified atom stereocenters. The molecule has 4 heteroatoms. The van der Waals surface area contributed by atoms with Crippen molar-refractivity contribution >= 4 is 17.9 Å². The molecule has 0 N–H and O–H groups in total. The lowest BCUT2D eigenvalue weighted by molar-refractivity contribution is -0.144. The standard InChI is InChI=1S/C13H17NO3/c1-4-17-13(16)10(2)14(3)12-7-5-11(9-15)6-8-12/h5-10H,4H2,1-3H3. The Labute approximate surface area is 101 Å². The van der Waals surface area contributed by atoms with E-state index in [4.69, 9.17) is 4.74 Å². The van der Waals surface area contributed by atoms with E-state index in [1.54, 1.807) is 38.1 Å². The first-order valence-corrected chi connectivity index (χ1v) is 5.54. The van der Waals surface area contributed by atoms with Crippen LogP contribution in [0, 0.1) is 0 Å². The Kier molecular flexibility index (Phi) is 4.69. The largest absolute Gasteiger partial charge is 0.464 e. The smallest absolute Gasteiger partial charge is 0.328 e. The van der Waals surface area contributed by atoms with Crippen molar-refractivity contribution in [3.8, 4) is 0 Å². The molecule has 0 saturated heterocycles. The van der Waals surface area contributed by atoms with Gasteiger partial charge >= 0.3 is 5.97 Å². The number of carbonyl (C=O) groups is 2. The second-order valence-electron chi connectivity index (χ2n) is 3.75. The number of carbonyl (C=O) groups excluding carboxylic acids is 2. The molecule has 0 aliphatic carbocycles. The van der Waals surface area contributed by atoms with Crippen molar-refractivity contribution in [2.75, 3.05) is 18.6 Å². The molecule has 0 bridgehead atoms. The molecule has 1 atom stereocenters. The van der Waals surface area contributed by atoms with Crippen LogP contribution in [0.2, 0.25) is 0 Å². The van der Waals surface area contributed by atoms with Gasteiger partial charge in [0.05, 0.1) is 6.61 Å². The van der Waals surface area contributed by atoms with Gasteiger partial charge in [-0.2, -0.15) is 0 Å². The number of hydrogen-bond donors (Lipinski definition) is 0.